The zero-order valence-corrected chi connectivity index (χ0v) is 13.5. The molecule has 1 fully saturated rings. The number of halogens is 4. The van der Waals surface area contributed by atoms with Crippen molar-refractivity contribution in [2.75, 3.05) is 38.2 Å². The standard InChI is InChI=1S/C14H17ClF3N3O2/c1-9(23-2)13(22)21-5-3-20(4-6-21)12-11(15)7-10(8-19-12)14(16,17)18/h7-9H,3-6H2,1-2H3/t9-/m0/s1. The van der Waals surface area contributed by atoms with E-state index in [-0.39, 0.29) is 10.9 Å². The third-order valence-electron chi connectivity index (χ3n) is 3.74. The summed E-state index contributed by atoms with van der Waals surface area (Å²) in [6.45, 7) is 3.43. The number of ether oxygens (including phenoxy) is 1. The van der Waals surface area contributed by atoms with Gasteiger partial charge >= 0.3 is 6.18 Å². The van der Waals surface area contributed by atoms with Gasteiger partial charge in [0.05, 0.1) is 10.6 Å². The Morgan fingerprint density at radius 1 is 1.35 bits per heavy atom. The summed E-state index contributed by atoms with van der Waals surface area (Å²) in [7, 11) is 1.46. The fourth-order valence-electron chi connectivity index (χ4n) is 2.31. The molecule has 0 aliphatic carbocycles. The van der Waals surface area contributed by atoms with Crippen molar-refractivity contribution in [2.45, 2.75) is 19.2 Å². The third-order valence-corrected chi connectivity index (χ3v) is 4.02. The van der Waals surface area contributed by atoms with Gasteiger partial charge in [0.2, 0.25) is 0 Å². The van der Waals surface area contributed by atoms with Gasteiger partial charge in [-0.3, -0.25) is 4.79 Å². The smallest absolute Gasteiger partial charge is 0.372 e. The maximum atomic E-state index is 12.6. The van der Waals surface area contributed by atoms with Crippen LogP contribution in [0.15, 0.2) is 12.3 Å². The van der Waals surface area contributed by atoms with Gasteiger partial charge in [-0.05, 0) is 13.0 Å². The molecule has 0 saturated carbocycles. The Morgan fingerprint density at radius 2 is 1.96 bits per heavy atom. The number of hydrogen-bond donors (Lipinski definition) is 0. The van der Waals surface area contributed by atoms with Crippen molar-refractivity contribution in [3.63, 3.8) is 0 Å². The fraction of sp³-hybridized carbons (Fsp3) is 0.571. The van der Waals surface area contributed by atoms with Crippen molar-refractivity contribution in [2.24, 2.45) is 0 Å². The van der Waals surface area contributed by atoms with Gasteiger partial charge in [-0.2, -0.15) is 13.2 Å². The zero-order chi connectivity index (χ0) is 17.2. The Kier molecular flexibility index (Phi) is 5.36. The molecule has 0 aromatic carbocycles. The van der Waals surface area contributed by atoms with Gasteiger partial charge in [0.25, 0.3) is 5.91 Å². The summed E-state index contributed by atoms with van der Waals surface area (Å²) in [5, 5.41) is -0.0511. The average Bonchev–Trinajstić information content (AvgIpc) is 2.52. The minimum Gasteiger partial charge on any atom is -0.372 e. The molecule has 0 N–H and O–H groups in total. The normalized spacial score (nSPS) is 17.3. The lowest BCUT2D eigenvalue weighted by Gasteiger charge is -2.36. The van der Waals surface area contributed by atoms with Crippen molar-refractivity contribution in [3.05, 3.63) is 22.8 Å². The van der Waals surface area contributed by atoms with Crippen LogP contribution >= 0.6 is 11.6 Å². The van der Waals surface area contributed by atoms with Gasteiger partial charge in [-0.15, -0.1) is 0 Å². The second kappa shape index (κ2) is 6.92. The Hall–Kier alpha value is -1.54. The predicted octanol–water partition coefficient (Wildman–Crippen LogP) is 2.44. The Balaban J connectivity index is 2.05. The number of nitrogens with zero attached hydrogens (tertiary/aromatic N) is 3. The number of pyridine rings is 1. The van der Waals surface area contributed by atoms with E-state index in [1.165, 1.54) is 7.11 Å². The van der Waals surface area contributed by atoms with E-state index in [0.717, 1.165) is 12.3 Å². The van der Waals surface area contributed by atoms with Crippen LogP contribution in [-0.2, 0) is 15.7 Å². The van der Waals surface area contributed by atoms with Gasteiger partial charge < -0.3 is 14.5 Å². The topological polar surface area (TPSA) is 45.7 Å². The van der Waals surface area contributed by atoms with Crippen molar-refractivity contribution in [3.8, 4) is 0 Å². The monoisotopic (exact) mass is 351 g/mol. The highest BCUT2D eigenvalue weighted by Gasteiger charge is 2.32. The van der Waals surface area contributed by atoms with Crippen LogP contribution in [0, 0.1) is 0 Å². The molecule has 5 nitrogen and oxygen atoms in total. The first-order chi connectivity index (χ1) is 10.7. The minimum absolute atomic E-state index is 0.0511. The number of aromatic nitrogens is 1. The molecular weight excluding hydrogens is 335 g/mol. The van der Waals surface area contributed by atoms with E-state index >= 15 is 0 Å². The predicted molar refractivity (Wildman–Crippen MR) is 79.5 cm³/mol. The summed E-state index contributed by atoms with van der Waals surface area (Å²) < 4.78 is 42.9. The second-order valence-corrected chi connectivity index (χ2v) is 5.62. The van der Waals surface area contributed by atoms with Gasteiger partial charge in [0.1, 0.15) is 11.9 Å². The number of amides is 1. The number of carbonyl (C=O) groups excluding carboxylic acids is 1. The Bertz CT molecular complexity index is 575. The molecule has 0 bridgehead atoms. The number of hydrogen-bond acceptors (Lipinski definition) is 4. The van der Waals surface area contributed by atoms with Crippen LogP contribution in [0.4, 0.5) is 19.0 Å². The molecule has 1 aliphatic rings. The van der Waals surface area contributed by atoms with Gasteiger partial charge in [0, 0.05) is 39.5 Å². The van der Waals surface area contributed by atoms with Crippen molar-refractivity contribution < 1.29 is 22.7 Å². The lowest BCUT2D eigenvalue weighted by atomic mass is 10.2. The maximum Gasteiger partial charge on any atom is 0.417 e. The van der Waals surface area contributed by atoms with E-state index in [9.17, 15) is 18.0 Å². The number of rotatable bonds is 3. The first kappa shape index (κ1) is 17.8. The molecule has 1 amide bonds. The summed E-state index contributed by atoms with van der Waals surface area (Å²) in [6, 6.07) is 0.869. The Labute approximate surface area is 137 Å². The van der Waals surface area contributed by atoms with Crippen molar-refractivity contribution >= 4 is 23.3 Å². The molecule has 1 aliphatic heterocycles. The number of carbonyl (C=O) groups is 1. The molecule has 1 saturated heterocycles. The molecule has 2 heterocycles. The number of piperazine rings is 1. The van der Waals surface area contributed by atoms with Crippen LogP contribution in [0.25, 0.3) is 0 Å². The maximum absolute atomic E-state index is 12.6. The van der Waals surface area contributed by atoms with Crippen LogP contribution in [0.5, 0.6) is 0 Å². The van der Waals surface area contributed by atoms with Crippen LogP contribution in [-0.4, -0.2) is 55.2 Å². The molecular formula is C14H17ClF3N3O2. The molecule has 9 heteroatoms. The fourth-order valence-corrected chi connectivity index (χ4v) is 2.60. The molecule has 0 radical (unpaired) electrons. The molecule has 0 spiro atoms. The van der Waals surface area contributed by atoms with Crippen molar-refractivity contribution in [1.29, 1.82) is 0 Å². The highest BCUT2D eigenvalue weighted by atomic mass is 35.5. The molecule has 1 aromatic rings. The van der Waals surface area contributed by atoms with Crippen molar-refractivity contribution in [1.82, 2.24) is 9.88 Å². The van der Waals surface area contributed by atoms with E-state index in [4.69, 9.17) is 16.3 Å². The van der Waals surface area contributed by atoms with Crippen LogP contribution < -0.4 is 4.90 Å². The first-order valence-electron chi connectivity index (χ1n) is 7.03. The SMILES string of the molecule is CO[C@@H](C)C(=O)N1CCN(c2ncc(C(F)(F)F)cc2Cl)CC1. The van der Waals surface area contributed by atoms with Gasteiger partial charge in [-0.25, -0.2) is 4.98 Å². The quantitative estimate of drug-likeness (QED) is 0.839. The van der Waals surface area contributed by atoms with E-state index in [1.54, 1.807) is 16.7 Å². The number of methoxy groups -OCH3 is 1. The summed E-state index contributed by atoms with van der Waals surface area (Å²) in [5.41, 5.74) is -0.881. The van der Waals surface area contributed by atoms with Crippen LogP contribution in [0.2, 0.25) is 5.02 Å². The summed E-state index contributed by atoms with van der Waals surface area (Å²) in [5.74, 6) is 0.185. The molecule has 1 atom stereocenters. The number of anilines is 1. The lowest BCUT2D eigenvalue weighted by Crippen LogP contribution is -2.51. The molecule has 23 heavy (non-hydrogen) atoms. The third kappa shape index (κ3) is 4.06. The van der Waals surface area contributed by atoms with E-state index in [2.05, 4.69) is 4.98 Å². The van der Waals surface area contributed by atoms with E-state index in [1.807, 2.05) is 0 Å². The van der Waals surface area contributed by atoms with Gasteiger partial charge in [0.15, 0.2) is 0 Å². The molecule has 128 valence electrons. The summed E-state index contributed by atoms with van der Waals surface area (Å²) in [6.07, 6.45) is -4.23. The number of alkyl halides is 3. The average molecular weight is 352 g/mol. The van der Waals surface area contributed by atoms with E-state index < -0.39 is 17.8 Å². The second-order valence-electron chi connectivity index (χ2n) is 5.22. The largest absolute Gasteiger partial charge is 0.417 e. The van der Waals surface area contributed by atoms with E-state index in [0.29, 0.717) is 32.0 Å². The lowest BCUT2D eigenvalue weighted by molar-refractivity contribution is -0.141. The molecule has 0 unspecified atom stereocenters. The highest BCUT2D eigenvalue weighted by molar-refractivity contribution is 6.33. The zero-order valence-electron chi connectivity index (χ0n) is 12.7. The van der Waals surface area contributed by atoms with Crippen LogP contribution in [0.1, 0.15) is 12.5 Å². The summed E-state index contributed by atoms with van der Waals surface area (Å²) in [4.78, 5) is 19.3. The molecule has 2 rings (SSSR count). The van der Waals surface area contributed by atoms with Crippen LogP contribution in [0.3, 0.4) is 0 Å². The van der Waals surface area contributed by atoms with Gasteiger partial charge in [-0.1, -0.05) is 11.6 Å². The molecule has 1 aromatic heterocycles. The first-order valence-corrected chi connectivity index (χ1v) is 7.41. The summed E-state index contributed by atoms with van der Waals surface area (Å²) >= 11 is 5.94. The highest BCUT2D eigenvalue weighted by Crippen LogP contribution is 2.33. The Morgan fingerprint density at radius 3 is 2.43 bits per heavy atom. The minimum atomic E-state index is -4.48.